The second kappa shape index (κ2) is 6.36. The number of likely N-dealkylation sites (tertiary alicyclic amines) is 1. The van der Waals surface area contributed by atoms with Crippen molar-refractivity contribution in [3.63, 3.8) is 0 Å². The van der Waals surface area contributed by atoms with E-state index in [1.54, 1.807) is 4.90 Å². The van der Waals surface area contributed by atoms with Gasteiger partial charge in [0, 0.05) is 32.1 Å². The van der Waals surface area contributed by atoms with Crippen molar-refractivity contribution in [3.05, 3.63) is 0 Å². The van der Waals surface area contributed by atoms with Gasteiger partial charge in [0.1, 0.15) is 0 Å². The summed E-state index contributed by atoms with van der Waals surface area (Å²) in [5, 5.41) is 7.51. The molecule has 1 amide bonds. The van der Waals surface area contributed by atoms with Crippen molar-refractivity contribution < 1.29 is 4.79 Å². The third kappa shape index (κ3) is 3.83. The van der Waals surface area contributed by atoms with Crippen LogP contribution < -0.4 is 10.6 Å². The van der Waals surface area contributed by atoms with Crippen LogP contribution >= 0.6 is 12.2 Å². The molecule has 2 rings (SSSR count). The molecule has 4 nitrogen and oxygen atoms in total. The number of likely N-dealkylation sites (N-methyl/N-ethyl adjacent to an activating group) is 1. The Labute approximate surface area is 114 Å². The lowest BCUT2D eigenvalue weighted by Crippen LogP contribution is -2.52. The third-order valence-electron chi connectivity index (χ3n) is 3.90. The largest absolute Gasteiger partial charge is 0.360 e. The van der Waals surface area contributed by atoms with Crippen LogP contribution in [0.3, 0.4) is 0 Å². The molecule has 2 fully saturated rings. The minimum Gasteiger partial charge on any atom is -0.360 e. The Balaban J connectivity index is 1.72. The van der Waals surface area contributed by atoms with Crippen molar-refractivity contribution >= 4 is 23.2 Å². The van der Waals surface area contributed by atoms with Crippen LogP contribution in [-0.4, -0.2) is 41.6 Å². The molecular weight excluding hydrogens is 246 g/mol. The molecule has 1 saturated carbocycles. The lowest BCUT2D eigenvalue weighted by atomic mass is 9.96. The van der Waals surface area contributed by atoms with Crippen molar-refractivity contribution in [2.75, 3.05) is 13.6 Å². The molecular formula is C13H23N3OS. The number of hydrogen-bond acceptors (Lipinski definition) is 2. The third-order valence-corrected chi connectivity index (χ3v) is 4.14. The van der Waals surface area contributed by atoms with E-state index in [0.29, 0.717) is 18.5 Å². The zero-order valence-electron chi connectivity index (χ0n) is 11.1. The predicted octanol–water partition coefficient (Wildman–Crippen LogP) is 1.40. The van der Waals surface area contributed by atoms with Gasteiger partial charge in [-0.2, -0.15) is 0 Å². The maximum atomic E-state index is 11.4. The van der Waals surface area contributed by atoms with E-state index in [0.717, 1.165) is 18.1 Å². The molecule has 102 valence electrons. The smallest absolute Gasteiger partial charge is 0.222 e. The molecule has 5 heteroatoms. The second-order valence-corrected chi connectivity index (χ2v) is 5.87. The monoisotopic (exact) mass is 269 g/mol. The normalized spacial score (nSPS) is 25.9. The van der Waals surface area contributed by atoms with E-state index in [2.05, 4.69) is 10.6 Å². The number of carbonyl (C=O) groups is 1. The van der Waals surface area contributed by atoms with Crippen molar-refractivity contribution in [2.24, 2.45) is 0 Å². The summed E-state index contributed by atoms with van der Waals surface area (Å²) in [7, 11) is 1.85. The molecule has 0 radical (unpaired) electrons. The summed E-state index contributed by atoms with van der Waals surface area (Å²) in [6.07, 6.45) is 7.93. The van der Waals surface area contributed by atoms with Gasteiger partial charge in [-0.25, -0.2) is 0 Å². The van der Waals surface area contributed by atoms with Crippen molar-refractivity contribution in [1.82, 2.24) is 15.5 Å². The van der Waals surface area contributed by atoms with Crippen LogP contribution in [0, 0.1) is 0 Å². The molecule has 0 aromatic rings. The molecule has 1 saturated heterocycles. The van der Waals surface area contributed by atoms with Gasteiger partial charge in [0.2, 0.25) is 5.91 Å². The Bertz CT molecular complexity index is 315. The summed E-state index contributed by atoms with van der Waals surface area (Å²) in [5.74, 6) is 0.235. The minimum atomic E-state index is 0.235. The lowest BCUT2D eigenvalue weighted by Gasteiger charge is -2.32. The van der Waals surface area contributed by atoms with Crippen LogP contribution in [0.15, 0.2) is 0 Å². The van der Waals surface area contributed by atoms with Gasteiger partial charge in [-0.05, 0) is 31.5 Å². The Morgan fingerprint density at radius 2 is 1.83 bits per heavy atom. The molecule has 2 aliphatic rings. The molecule has 1 heterocycles. The molecule has 0 aromatic carbocycles. The quantitative estimate of drug-likeness (QED) is 0.744. The fraction of sp³-hybridized carbons (Fsp3) is 0.846. The van der Waals surface area contributed by atoms with Gasteiger partial charge in [0.05, 0.1) is 0 Å². The molecule has 2 N–H and O–H groups in total. The number of carbonyl (C=O) groups excluding carboxylic acids is 1. The summed E-state index contributed by atoms with van der Waals surface area (Å²) in [4.78, 5) is 13.2. The summed E-state index contributed by atoms with van der Waals surface area (Å²) in [5.41, 5.74) is 0. The van der Waals surface area contributed by atoms with Gasteiger partial charge in [-0.3, -0.25) is 4.79 Å². The van der Waals surface area contributed by atoms with E-state index in [4.69, 9.17) is 12.2 Å². The standard InChI is InChI=1S/C13H23N3OS/c1-16-9-11(7-8-12(16)17)15-13(18)14-10-5-3-2-4-6-10/h10-11H,2-9H2,1H3,(H2,14,15,18). The van der Waals surface area contributed by atoms with Crippen LogP contribution in [-0.2, 0) is 4.79 Å². The average molecular weight is 269 g/mol. The summed E-state index contributed by atoms with van der Waals surface area (Å²) >= 11 is 5.36. The molecule has 18 heavy (non-hydrogen) atoms. The second-order valence-electron chi connectivity index (χ2n) is 5.46. The summed E-state index contributed by atoms with van der Waals surface area (Å²) < 4.78 is 0. The number of amides is 1. The Morgan fingerprint density at radius 3 is 2.50 bits per heavy atom. The molecule has 1 aliphatic heterocycles. The Kier molecular flexibility index (Phi) is 4.80. The molecule has 1 aliphatic carbocycles. The molecule has 0 spiro atoms. The number of thiocarbonyl (C=S) groups is 1. The minimum absolute atomic E-state index is 0.235. The molecule has 0 bridgehead atoms. The number of hydrogen-bond donors (Lipinski definition) is 2. The highest BCUT2D eigenvalue weighted by atomic mass is 32.1. The highest BCUT2D eigenvalue weighted by Gasteiger charge is 2.23. The number of piperidine rings is 1. The first kappa shape index (κ1) is 13.6. The van der Waals surface area contributed by atoms with E-state index in [1.807, 2.05) is 7.05 Å². The Hall–Kier alpha value is -0.840. The first-order valence-electron chi connectivity index (χ1n) is 6.96. The molecule has 0 aromatic heterocycles. The maximum absolute atomic E-state index is 11.4. The van der Waals surface area contributed by atoms with Gasteiger partial charge in [-0.15, -0.1) is 0 Å². The highest BCUT2D eigenvalue weighted by Crippen LogP contribution is 2.17. The zero-order chi connectivity index (χ0) is 13.0. The van der Waals surface area contributed by atoms with Gasteiger partial charge in [0.15, 0.2) is 5.11 Å². The van der Waals surface area contributed by atoms with Crippen LogP contribution in [0.25, 0.3) is 0 Å². The topological polar surface area (TPSA) is 44.4 Å². The Morgan fingerprint density at radius 1 is 1.17 bits per heavy atom. The highest BCUT2D eigenvalue weighted by molar-refractivity contribution is 7.80. The summed E-state index contributed by atoms with van der Waals surface area (Å²) in [6, 6.07) is 0.845. The molecule has 1 atom stereocenters. The summed E-state index contributed by atoms with van der Waals surface area (Å²) in [6.45, 7) is 0.755. The van der Waals surface area contributed by atoms with E-state index in [1.165, 1.54) is 32.1 Å². The van der Waals surface area contributed by atoms with Crippen molar-refractivity contribution in [3.8, 4) is 0 Å². The number of nitrogens with zero attached hydrogens (tertiary/aromatic N) is 1. The van der Waals surface area contributed by atoms with Gasteiger partial charge < -0.3 is 15.5 Å². The van der Waals surface area contributed by atoms with Gasteiger partial charge in [0.25, 0.3) is 0 Å². The van der Waals surface area contributed by atoms with Crippen molar-refractivity contribution in [2.45, 2.75) is 57.0 Å². The predicted molar refractivity (Wildman–Crippen MR) is 76.4 cm³/mol. The average Bonchev–Trinajstić information content (AvgIpc) is 2.35. The fourth-order valence-corrected chi connectivity index (χ4v) is 3.12. The van der Waals surface area contributed by atoms with Crippen LogP contribution in [0.5, 0.6) is 0 Å². The van der Waals surface area contributed by atoms with Gasteiger partial charge >= 0.3 is 0 Å². The lowest BCUT2D eigenvalue weighted by molar-refractivity contribution is -0.132. The van der Waals surface area contributed by atoms with Crippen LogP contribution in [0.4, 0.5) is 0 Å². The number of rotatable bonds is 2. The van der Waals surface area contributed by atoms with Gasteiger partial charge in [-0.1, -0.05) is 19.3 Å². The SMILES string of the molecule is CN1CC(NC(=S)NC2CCCCC2)CCC1=O. The maximum Gasteiger partial charge on any atom is 0.222 e. The van der Waals surface area contributed by atoms with Crippen LogP contribution in [0.2, 0.25) is 0 Å². The van der Waals surface area contributed by atoms with Crippen LogP contribution in [0.1, 0.15) is 44.9 Å². The van der Waals surface area contributed by atoms with E-state index < -0.39 is 0 Å². The number of nitrogens with one attached hydrogen (secondary N) is 2. The molecule has 1 unspecified atom stereocenters. The van der Waals surface area contributed by atoms with E-state index in [-0.39, 0.29) is 5.91 Å². The zero-order valence-corrected chi connectivity index (χ0v) is 11.9. The van der Waals surface area contributed by atoms with E-state index >= 15 is 0 Å². The van der Waals surface area contributed by atoms with Crippen molar-refractivity contribution in [1.29, 1.82) is 0 Å². The first-order chi connectivity index (χ1) is 8.65. The fourth-order valence-electron chi connectivity index (χ4n) is 2.79. The van der Waals surface area contributed by atoms with E-state index in [9.17, 15) is 4.79 Å². The first-order valence-corrected chi connectivity index (χ1v) is 7.37.